The van der Waals surface area contributed by atoms with Crippen LogP contribution in [0.3, 0.4) is 0 Å². The van der Waals surface area contributed by atoms with Crippen molar-refractivity contribution in [1.82, 2.24) is 19.6 Å². The van der Waals surface area contributed by atoms with Crippen molar-refractivity contribution in [3.63, 3.8) is 0 Å². The SMILES string of the molecule is Cc1ccc(Cc2nsc(N3CCN(CCNC(=O)Cc4ccc(F)cc4)CC3)n2)cc1. The number of aromatic nitrogens is 2. The molecule has 168 valence electrons. The van der Waals surface area contributed by atoms with Crippen molar-refractivity contribution in [1.29, 1.82) is 0 Å². The smallest absolute Gasteiger partial charge is 0.224 e. The fourth-order valence-corrected chi connectivity index (χ4v) is 4.44. The molecule has 0 atom stereocenters. The fourth-order valence-electron chi connectivity index (χ4n) is 3.70. The minimum Gasteiger partial charge on any atom is -0.355 e. The number of piperazine rings is 1. The summed E-state index contributed by atoms with van der Waals surface area (Å²) in [6, 6.07) is 14.6. The van der Waals surface area contributed by atoms with E-state index in [-0.39, 0.29) is 18.1 Å². The minimum absolute atomic E-state index is 0.0368. The Hall–Kier alpha value is -2.84. The molecule has 8 heteroatoms. The maximum absolute atomic E-state index is 13.0. The summed E-state index contributed by atoms with van der Waals surface area (Å²) in [5.41, 5.74) is 3.30. The molecular weight excluding hydrogens is 425 g/mol. The zero-order chi connectivity index (χ0) is 22.3. The Morgan fingerprint density at radius 2 is 1.72 bits per heavy atom. The lowest BCUT2D eigenvalue weighted by molar-refractivity contribution is -0.120. The van der Waals surface area contributed by atoms with Gasteiger partial charge in [0, 0.05) is 57.2 Å². The molecule has 4 rings (SSSR count). The lowest BCUT2D eigenvalue weighted by Gasteiger charge is -2.34. The van der Waals surface area contributed by atoms with Crippen LogP contribution in [0.4, 0.5) is 9.52 Å². The van der Waals surface area contributed by atoms with Crippen LogP contribution in [0.5, 0.6) is 0 Å². The van der Waals surface area contributed by atoms with Crippen LogP contribution in [0.1, 0.15) is 22.5 Å². The molecule has 1 aliphatic heterocycles. The van der Waals surface area contributed by atoms with E-state index >= 15 is 0 Å². The van der Waals surface area contributed by atoms with Gasteiger partial charge in [-0.1, -0.05) is 42.0 Å². The van der Waals surface area contributed by atoms with E-state index < -0.39 is 0 Å². The van der Waals surface area contributed by atoms with Gasteiger partial charge in [-0.05, 0) is 30.2 Å². The second-order valence-corrected chi connectivity index (χ2v) is 8.87. The van der Waals surface area contributed by atoms with Gasteiger partial charge in [-0.15, -0.1) is 0 Å². The first-order valence-corrected chi connectivity index (χ1v) is 11.7. The van der Waals surface area contributed by atoms with Gasteiger partial charge in [-0.25, -0.2) is 9.37 Å². The highest BCUT2D eigenvalue weighted by atomic mass is 32.1. The molecule has 1 aliphatic rings. The molecule has 6 nitrogen and oxygen atoms in total. The van der Waals surface area contributed by atoms with E-state index in [0.29, 0.717) is 6.54 Å². The lowest BCUT2D eigenvalue weighted by atomic mass is 10.1. The second-order valence-electron chi connectivity index (χ2n) is 8.14. The number of rotatable bonds is 8. The highest BCUT2D eigenvalue weighted by Crippen LogP contribution is 2.20. The molecule has 2 heterocycles. The predicted molar refractivity (Wildman–Crippen MR) is 126 cm³/mol. The van der Waals surface area contributed by atoms with Crippen LogP contribution >= 0.6 is 11.5 Å². The molecule has 3 aromatic rings. The number of amides is 1. The van der Waals surface area contributed by atoms with Crippen molar-refractivity contribution in [2.45, 2.75) is 19.8 Å². The van der Waals surface area contributed by atoms with Crippen molar-refractivity contribution >= 4 is 22.6 Å². The summed E-state index contributed by atoms with van der Waals surface area (Å²) in [5, 5.41) is 3.94. The van der Waals surface area contributed by atoms with Crippen LogP contribution in [-0.4, -0.2) is 59.4 Å². The van der Waals surface area contributed by atoms with Crippen molar-refractivity contribution in [3.05, 3.63) is 76.9 Å². The monoisotopic (exact) mass is 453 g/mol. The quantitative estimate of drug-likeness (QED) is 0.568. The van der Waals surface area contributed by atoms with Gasteiger partial charge in [0.15, 0.2) is 0 Å². The van der Waals surface area contributed by atoms with E-state index in [4.69, 9.17) is 4.98 Å². The number of carbonyl (C=O) groups is 1. The molecule has 0 saturated carbocycles. The van der Waals surface area contributed by atoms with E-state index in [9.17, 15) is 9.18 Å². The molecule has 0 radical (unpaired) electrons. The first-order chi connectivity index (χ1) is 15.5. The Balaban J connectivity index is 1.17. The van der Waals surface area contributed by atoms with Gasteiger partial charge in [0.2, 0.25) is 11.0 Å². The van der Waals surface area contributed by atoms with Gasteiger partial charge >= 0.3 is 0 Å². The summed E-state index contributed by atoms with van der Waals surface area (Å²) in [7, 11) is 0. The fraction of sp³-hybridized carbons (Fsp3) is 0.375. The highest BCUT2D eigenvalue weighted by Gasteiger charge is 2.20. The number of benzene rings is 2. The normalized spacial score (nSPS) is 14.5. The van der Waals surface area contributed by atoms with Gasteiger partial charge in [-0.2, -0.15) is 4.37 Å². The van der Waals surface area contributed by atoms with Crippen molar-refractivity contribution in [3.8, 4) is 0 Å². The molecular formula is C24H28FN5OS. The van der Waals surface area contributed by atoms with Crippen molar-refractivity contribution in [2.75, 3.05) is 44.2 Å². The molecule has 0 bridgehead atoms. The average molecular weight is 454 g/mol. The standard InChI is InChI=1S/C24H28FN5OS/c1-18-2-4-19(5-3-18)16-22-27-24(32-28-22)30-14-12-29(13-15-30)11-10-26-23(31)17-20-6-8-21(25)9-7-20/h2-9H,10-17H2,1H3,(H,26,31). The number of halogens is 1. The van der Waals surface area contributed by atoms with Gasteiger partial charge < -0.3 is 10.2 Å². The molecule has 1 saturated heterocycles. The Labute approximate surface area is 192 Å². The summed E-state index contributed by atoms with van der Waals surface area (Å²) >= 11 is 1.47. The molecule has 0 spiro atoms. The Kier molecular flexibility index (Phi) is 7.44. The van der Waals surface area contributed by atoms with Crippen LogP contribution in [0.2, 0.25) is 0 Å². The van der Waals surface area contributed by atoms with Crippen LogP contribution in [0, 0.1) is 12.7 Å². The zero-order valence-electron chi connectivity index (χ0n) is 18.3. The first-order valence-electron chi connectivity index (χ1n) is 10.9. The third kappa shape index (κ3) is 6.34. The largest absolute Gasteiger partial charge is 0.355 e. The van der Waals surface area contributed by atoms with E-state index in [1.165, 1.54) is 34.8 Å². The van der Waals surface area contributed by atoms with Crippen LogP contribution in [-0.2, 0) is 17.6 Å². The summed E-state index contributed by atoms with van der Waals surface area (Å²) in [6.45, 7) is 7.19. The number of nitrogens with zero attached hydrogens (tertiary/aromatic N) is 4. The average Bonchev–Trinajstić information content (AvgIpc) is 3.26. The molecule has 1 N–H and O–H groups in total. The molecule has 0 aliphatic carbocycles. The summed E-state index contributed by atoms with van der Waals surface area (Å²) < 4.78 is 17.5. The molecule has 2 aromatic carbocycles. The molecule has 32 heavy (non-hydrogen) atoms. The van der Waals surface area contributed by atoms with Crippen LogP contribution < -0.4 is 10.2 Å². The second kappa shape index (κ2) is 10.7. The van der Waals surface area contributed by atoms with E-state index in [2.05, 4.69) is 50.7 Å². The molecule has 0 unspecified atom stereocenters. The number of aryl methyl sites for hydroxylation is 1. The molecule has 1 amide bonds. The van der Waals surface area contributed by atoms with Gasteiger partial charge in [0.1, 0.15) is 11.6 Å². The van der Waals surface area contributed by atoms with Crippen LogP contribution in [0.25, 0.3) is 0 Å². The lowest BCUT2D eigenvalue weighted by Crippen LogP contribution is -2.48. The maximum Gasteiger partial charge on any atom is 0.224 e. The van der Waals surface area contributed by atoms with Crippen LogP contribution in [0.15, 0.2) is 48.5 Å². The minimum atomic E-state index is -0.288. The topological polar surface area (TPSA) is 61.4 Å². The van der Waals surface area contributed by atoms with Gasteiger partial charge in [0.25, 0.3) is 0 Å². The van der Waals surface area contributed by atoms with Gasteiger partial charge in [-0.3, -0.25) is 9.69 Å². The number of carbonyl (C=O) groups excluding carboxylic acids is 1. The summed E-state index contributed by atoms with van der Waals surface area (Å²) in [5.74, 6) is 0.551. The molecule has 1 fully saturated rings. The maximum atomic E-state index is 13.0. The Bertz CT molecular complexity index is 1010. The Morgan fingerprint density at radius 1 is 1.03 bits per heavy atom. The van der Waals surface area contributed by atoms with E-state index in [0.717, 1.165) is 55.7 Å². The van der Waals surface area contributed by atoms with E-state index in [1.807, 2.05) is 0 Å². The summed E-state index contributed by atoms with van der Waals surface area (Å²) in [4.78, 5) is 21.5. The first kappa shape index (κ1) is 22.4. The third-order valence-electron chi connectivity index (χ3n) is 5.61. The number of nitrogens with one attached hydrogen (secondary N) is 1. The summed E-state index contributed by atoms with van der Waals surface area (Å²) in [6.07, 6.45) is 1.03. The number of hydrogen-bond donors (Lipinski definition) is 1. The number of anilines is 1. The highest BCUT2D eigenvalue weighted by molar-refractivity contribution is 7.09. The predicted octanol–water partition coefficient (Wildman–Crippen LogP) is 3.06. The zero-order valence-corrected chi connectivity index (χ0v) is 19.1. The van der Waals surface area contributed by atoms with Gasteiger partial charge in [0.05, 0.1) is 6.42 Å². The van der Waals surface area contributed by atoms with Crippen molar-refractivity contribution in [2.24, 2.45) is 0 Å². The molecule has 1 aromatic heterocycles. The third-order valence-corrected chi connectivity index (χ3v) is 6.43. The van der Waals surface area contributed by atoms with Crippen molar-refractivity contribution < 1.29 is 9.18 Å². The Morgan fingerprint density at radius 3 is 2.44 bits per heavy atom. The number of hydrogen-bond acceptors (Lipinski definition) is 6. The van der Waals surface area contributed by atoms with E-state index in [1.54, 1.807) is 12.1 Å².